The van der Waals surface area contributed by atoms with E-state index >= 15 is 0 Å². The Morgan fingerprint density at radius 1 is 1.05 bits per heavy atom. The van der Waals surface area contributed by atoms with Gasteiger partial charge in [0, 0.05) is 18.3 Å². The van der Waals surface area contributed by atoms with Crippen molar-refractivity contribution in [1.29, 1.82) is 0 Å². The summed E-state index contributed by atoms with van der Waals surface area (Å²) in [6.07, 6.45) is 1.95. The van der Waals surface area contributed by atoms with Crippen molar-refractivity contribution >= 4 is 34.2 Å². The van der Waals surface area contributed by atoms with Gasteiger partial charge < -0.3 is 22.9 Å². The second-order valence-corrected chi connectivity index (χ2v) is 3.73. The lowest BCUT2D eigenvalue weighted by Gasteiger charge is -1.90. The molecule has 0 saturated heterocycles. The molecular formula is C6H16N8O4S. The van der Waals surface area contributed by atoms with Gasteiger partial charge in [-0.05, 0) is 6.92 Å². The number of nitrogens with two attached hydrogens (primary N) is 4. The largest absolute Gasteiger partial charge is 0.394 e. The van der Waals surface area contributed by atoms with Gasteiger partial charge in [-0.15, -0.1) is 10.2 Å². The average molecular weight is 296 g/mol. The molecule has 0 unspecified atom stereocenters. The lowest BCUT2D eigenvalue weighted by atomic mass is 10.3. The monoisotopic (exact) mass is 296 g/mol. The lowest BCUT2D eigenvalue weighted by molar-refractivity contribution is 0.381. The number of guanidine groups is 2. The summed E-state index contributed by atoms with van der Waals surface area (Å²) in [6, 6.07) is 0. The molecule has 0 aliphatic rings. The third-order valence-electron chi connectivity index (χ3n) is 0.978. The van der Waals surface area contributed by atoms with E-state index < -0.39 is 10.4 Å². The first-order valence-corrected chi connectivity index (χ1v) is 5.84. The Labute approximate surface area is 109 Å². The van der Waals surface area contributed by atoms with E-state index in [9.17, 15) is 0 Å². The standard InChI is InChI=1S/C6H14N8.H2O4S/c1-4(12-14-6(9)10)2-3-11-13-5(7)8;1-5(2,3)4/h3H,2H2,1H3,(H4,7,8,13)(H4,9,10,14);(H2,1,2,3,4). The number of hydrogen-bond acceptors (Lipinski definition) is 6. The molecule has 0 aliphatic heterocycles. The highest BCUT2D eigenvalue weighted by Crippen LogP contribution is 1.84. The first kappa shape index (κ1) is 19.1. The molecule has 0 aromatic rings. The van der Waals surface area contributed by atoms with E-state index in [1.165, 1.54) is 6.21 Å². The van der Waals surface area contributed by atoms with E-state index in [0.29, 0.717) is 12.1 Å². The molecule has 110 valence electrons. The third-order valence-corrected chi connectivity index (χ3v) is 0.978. The van der Waals surface area contributed by atoms with Crippen molar-refractivity contribution in [2.75, 3.05) is 0 Å². The molecule has 0 aromatic carbocycles. The van der Waals surface area contributed by atoms with Crippen molar-refractivity contribution in [2.24, 2.45) is 43.3 Å². The molecule has 0 aromatic heterocycles. The Morgan fingerprint density at radius 2 is 1.47 bits per heavy atom. The first-order chi connectivity index (χ1) is 8.52. The maximum absolute atomic E-state index is 8.74. The van der Waals surface area contributed by atoms with E-state index in [2.05, 4.69) is 20.4 Å². The molecule has 0 spiro atoms. The molecule has 0 radical (unpaired) electrons. The summed E-state index contributed by atoms with van der Waals surface area (Å²) >= 11 is 0. The molecule has 0 aliphatic carbocycles. The molecule has 0 heterocycles. The summed E-state index contributed by atoms with van der Waals surface area (Å²) in [4.78, 5) is 0. The van der Waals surface area contributed by atoms with Gasteiger partial charge in [0.25, 0.3) is 0 Å². The fourth-order valence-electron chi connectivity index (χ4n) is 0.464. The van der Waals surface area contributed by atoms with Crippen LogP contribution in [0.25, 0.3) is 0 Å². The maximum atomic E-state index is 8.74. The van der Waals surface area contributed by atoms with Crippen LogP contribution in [-0.2, 0) is 10.4 Å². The van der Waals surface area contributed by atoms with Gasteiger partial charge in [0.2, 0.25) is 11.9 Å². The topological polar surface area (TPSA) is 228 Å². The first-order valence-electron chi connectivity index (χ1n) is 4.44. The predicted octanol–water partition coefficient (Wildman–Crippen LogP) is -2.37. The maximum Gasteiger partial charge on any atom is 0.394 e. The summed E-state index contributed by atoms with van der Waals surface area (Å²) < 4.78 is 31.6. The second kappa shape index (κ2) is 9.75. The molecule has 19 heavy (non-hydrogen) atoms. The number of nitrogens with zero attached hydrogens (tertiary/aromatic N) is 4. The molecule has 12 nitrogen and oxygen atoms in total. The summed E-state index contributed by atoms with van der Waals surface area (Å²) in [5.41, 5.74) is 20.9. The van der Waals surface area contributed by atoms with Gasteiger partial charge in [0.1, 0.15) is 0 Å². The van der Waals surface area contributed by atoms with E-state index in [4.69, 9.17) is 40.5 Å². The zero-order chi connectivity index (χ0) is 15.5. The molecule has 13 heteroatoms. The van der Waals surface area contributed by atoms with Crippen LogP contribution in [0.3, 0.4) is 0 Å². The van der Waals surface area contributed by atoms with Crippen LogP contribution in [-0.4, -0.2) is 41.4 Å². The van der Waals surface area contributed by atoms with Crippen LogP contribution in [0.2, 0.25) is 0 Å². The van der Waals surface area contributed by atoms with Gasteiger partial charge in [0.15, 0.2) is 0 Å². The Bertz CT molecular complexity index is 463. The minimum atomic E-state index is -4.67. The van der Waals surface area contributed by atoms with Crippen molar-refractivity contribution in [2.45, 2.75) is 13.3 Å². The van der Waals surface area contributed by atoms with Gasteiger partial charge in [-0.1, -0.05) is 0 Å². The lowest BCUT2D eigenvalue weighted by Crippen LogP contribution is -2.22. The summed E-state index contributed by atoms with van der Waals surface area (Å²) in [5.74, 6) is -0.189. The second-order valence-electron chi connectivity index (χ2n) is 2.84. The van der Waals surface area contributed by atoms with Crippen LogP contribution < -0.4 is 22.9 Å². The van der Waals surface area contributed by atoms with E-state index in [1.807, 2.05) is 0 Å². The zero-order valence-electron chi connectivity index (χ0n) is 10.0. The van der Waals surface area contributed by atoms with E-state index in [1.54, 1.807) is 6.92 Å². The molecule has 0 saturated carbocycles. The minimum absolute atomic E-state index is 0.0921. The number of rotatable bonds is 4. The molecular weight excluding hydrogens is 280 g/mol. The SMILES string of the molecule is CC(CC=NN=C(N)N)=NN=C(N)N.O=S(=O)(O)O. The fourth-order valence-corrected chi connectivity index (χ4v) is 0.464. The van der Waals surface area contributed by atoms with Crippen molar-refractivity contribution in [3.05, 3.63) is 0 Å². The van der Waals surface area contributed by atoms with Crippen LogP contribution in [0.15, 0.2) is 20.4 Å². The Morgan fingerprint density at radius 3 is 1.84 bits per heavy atom. The Hall–Kier alpha value is -2.25. The quantitative estimate of drug-likeness (QED) is 0.142. The third kappa shape index (κ3) is 31.3. The highest BCUT2D eigenvalue weighted by Gasteiger charge is 1.87. The molecule has 0 bridgehead atoms. The average Bonchev–Trinajstić information content (AvgIpc) is 2.18. The fraction of sp³-hybridized carbons (Fsp3) is 0.333. The van der Waals surface area contributed by atoms with Crippen molar-refractivity contribution < 1.29 is 17.5 Å². The highest BCUT2D eigenvalue weighted by atomic mass is 32.3. The highest BCUT2D eigenvalue weighted by molar-refractivity contribution is 7.79. The summed E-state index contributed by atoms with van der Waals surface area (Å²) in [5, 5.41) is 14.1. The van der Waals surface area contributed by atoms with Gasteiger partial charge >= 0.3 is 10.4 Å². The normalized spacial score (nSPS) is 11.4. The van der Waals surface area contributed by atoms with Gasteiger partial charge in [-0.2, -0.15) is 18.6 Å². The summed E-state index contributed by atoms with van der Waals surface area (Å²) in [6.45, 7) is 1.74. The van der Waals surface area contributed by atoms with Crippen molar-refractivity contribution in [3.63, 3.8) is 0 Å². The number of hydrogen-bond donors (Lipinski definition) is 6. The van der Waals surface area contributed by atoms with Crippen LogP contribution in [0.5, 0.6) is 0 Å². The van der Waals surface area contributed by atoms with E-state index in [-0.39, 0.29) is 11.9 Å². The minimum Gasteiger partial charge on any atom is -0.369 e. The summed E-state index contributed by atoms with van der Waals surface area (Å²) in [7, 11) is -4.67. The molecule has 0 amide bonds. The molecule has 0 fully saturated rings. The zero-order valence-corrected chi connectivity index (χ0v) is 10.8. The molecule has 0 rings (SSSR count). The van der Waals surface area contributed by atoms with Gasteiger partial charge in [-0.25, -0.2) is 0 Å². The van der Waals surface area contributed by atoms with Crippen LogP contribution in [0.4, 0.5) is 0 Å². The van der Waals surface area contributed by atoms with Gasteiger partial charge in [-0.3, -0.25) is 9.11 Å². The van der Waals surface area contributed by atoms with Crippen molar-refractivity contribution in [1.82, 2.24) is 0 Å². The van der Waals surface area contributed by atoms with Crippen LogP contribution in [0, 0.1) is 0 Å². The predicted molar refractivity (Wildman–Crippen MR) is 72.0 cm³/mol. The van der Waals surface area contributed by atoms with Crippen LogP contribution >= 0.6 is 0 Å². The van der Waals surface area contributed by atoms with Crippen LogP contribution in [0.1, 0.15) is 13.3 Å². The molecule has 0 atom stereocenters. The Kier molecular flexibility index (Phi) is 9.80. The smallest absolute Gasteiger partial charge is 0.369 e. The Balaban J connectivity index is 0. The molecule has 10 N–H and O–H groups in total. The van der Waals surface area contributed by atoms with E-state index in [0.717, 1.165) is 0 Å². The van der Waals surface area contributed by atoms with Gasteiger partial charge in [0.05, 0.1) is 0 Å². The van der Waals surface area contributed by atoms with Crippen molar-refractivity contribution in [3.8, 4) is 0 Å².